The van der Waals surface area contributed by atoms with Gasteiger partial charge in [-0.2, -0.15) is 5.26 Å². The number of benzene rings is 1. The smallest absolute Gasteiger partial charge is 0.222 e. The van der Waals surface area contributed by atoms with E-state index in [-0.39, 0.29) is 0 Å². The van der Waals surface area contributed by atoms with E-state index in [1.165, 1.54) is 0 Å². The van der Waals surface area contributed by atoms with Crippen LogP contribution in [0.15, 0.2) is 28.7 Å². The molecule has 0 unspecified atom stereocenters. The van der Waals surface area contributed by atoms with Crippen LogP contribution in [0.4, 0.5) is 0 Å². The lowest BCUT2D eigenvalue weighted by Crippen LogP contribution is -1.92. The maximum atomic E-state index is 8.81. The molecule has 4 heteroatoms. The monoisotopic (exact) mass is 262 g/mol. The van der Waals surface area contributed by atoms with Crippen LogP contribution in [0.25, 0.3) is 10.8 Å². The minimum absolute atomic E-state index is 0.359. The van der Waals surface area contributed by atoms with E-state index in [1.807, 2.05) is 24.3 Å². The predicted molar refractivity (Wildman–Crippen MR) is 60.7 cm³/mol. The van der Waals surface area contributed by atoms with E-state index in [0.717, 1.165) is 15.2 Å². The molecule has 0 aliphatic heterocycles. The quantitative estimate of drug-likeness (QED) is 0.794. The van der Waals surface area contributed by atoms with E-state index in [4.69, 9.17) is 10.00 Å². The average molecular weight is 263 g/mol. The van der Waals surface area contributed by atoms with Crippen LogP contribution in [0.3, 0.4) is 0 Å². The average Bonchev–Trinajstić information content (AvgIpc) is 2.26. The van der Waals surface area contributed by atoms with Gasteiger partial charge in [0.05, 0.1) is 7.11 Å². The van der Waals surface area contributed by atoms with Gasteiger partial charge in [-0.1, -0.05) is 15.9 Å². The van der Waals surface area contributed by atoms with Crippen LogP contribution in [-0.4, -0.2) is 12.1 Å². The number of halogens is 1. The van der Waals surface area contributed by atoms with Crippen molar-refractivity contribution in [1.82, 2.24) is 4.98 Å². The van der Waals surface area contributed by atoms with Gasteiger partial charge in [0.25, 0.3) is 0 Å². The van der Waals surface area contributed by atoms with Crippen LogP contribution in [-0.2, 0) is 0 Å². The lowest BCUT2D eigenvalue weighted by molar-refractivity contribution is 0.403. The molecule has 0 saturated carbocycles. The minimum Gasteiger partial charge on any atom is -0.481 e. The van der Waals surface area contributed by atoms with Crippen LogP contribution in [0.1, 0.15) is 5.69 Å². The first-order chi connectivity index (χ1) is 7.24. The summed E-state index contributed by atoms with van der Waals surface area (Å²) in [5.74, 6) is 0.483. The van der Waals surface area contributed by atoms with Crippen molar-refractivity contribution < 1.29 is 4.74 Å². The number of aromatic nitrogens is 1. The number of nitriles is 1. The number of ether oxygens (including phenoxy) is 1. The van der Waals surface area contributed by atoms with Crippen molar-refractivity contribution >= 4 is 26.7 Å². The standard InChI is InChI=1S/C11H7BrN2O/c1-15-11-10-3-2-8(12)4-7(10)5-9(6-13)14-11/h2-5H,1H3. The maximum Gasteiger partial charge on any atom is 0.222 e. The van der Waals surface area contributed by atoms with Gasteiger partial charge in [-0.25, -0.2) is 4.98 Å². The molecule has 15 heavy (non-hydrogen) atoms. The summed E-state index contributed by atoms with van der Waals surface area (Å²) in [7, 11) is 1.55. The topological polar surface area (TPSA) is 45.9 Å². The van der Waals surface area contributed by atoms with E-state index in [2.05, 4.69) is 20.9 Å². The van der Waals surface area contributed by atoms with Crippen LogP contribution < -0.4 is 4.74 Å². The molecule has 0 bridgehead atoms. The molecule has 3 nitrogen and oxygen atoms in total. The summed E-state index contributed by atoms with van der Waals surface area (Å²) in [6, 6.07) is 9.50. The molecule has 2 aromatic rings. The van der Waals surface area contributed by atoms with Gasteiger partial charge >= 0.3 is 0 Å². The Morgan fingerprint density at radius 3 is 2.87 bits per heavy atom. The van der Waals surface area contributed by atoms with Crippen molar-refractivity contribution in [2.75, 3.05) is 7.11 Å². The Kier molecular flexibility index (Phi) is 2.57. The third-order valence-electron chi connectivity index (χ3n) is 2.07. The van der Waals surface area contributed by atoms with Gasteiger partial charge in [0.2, 0.25) is 5.88 Å². The summed E-state index contributed by atoms with van der Waals surface area (Å²) in [4.78, 5) is 4.07. The second-order valence-corrected chi connectivity index (χ2v) is 3.91. The number of hydrogen-bond donors (Lipinski definition) is 0. The van der Waals surface area contributed by atoms with Gasteiger partial charge in [-0.15, -0.1) is 0 Å². The van der Waals surface area contributed by atoms with Gasteiger partial charge in [0.1, 0.15) is 11.8 Å². The van der Waals surface area contributed by atoms with Crippen LogP contribution >= 0.6 is 15.9 Å². The van der Waals surface area contributed by atoms with Crippen molar-refractivity contribution in [1.29, 1.82) is 5.26 Å². The Labute approximate surface area is 95.4 Å². The van der Waals surface area contributed by atoms with E-state index < -0.39 is 0 Å². The third kappa shape index (κ3) is 1.79. The molecule has 2 rings (SSSR count). The van der Waals surface area contributed by atoms with Crippen molar-refractivity contribution in [2.45, 2.75) is 0 Å². The van der Waals surface area contributed by atoms with Crippen LogP contribution in [0.2, 0.25) is 0 Å². The highest BCUT2D eigenvalue weighted by Crippen LogP contribution is 2.26. The van der Waals surface area contributed by atoms with Crippen molar-refractivity contribution in [3.05, 3.63) is 34.4 Å². The molecule has 0 saturated heterocycles. The highest BCUT2D eigenvalue weighted by atomic mass is 79.9. The van der Waals surface area contributed by atoms with Gasteiger partial charge in [-0.3, -0.25) is 0 Å². The molecule has 1 heterocycles. The van der Waals surface area contributed by atoms with Crippen LogP contribution in [0, 0.1) is 11.3 Å². The number of nitrogens with zero attached hydrogens (tertiary/aromatic N) is 2. The molecular formula is C11H7BrN2O. The zero-order valence-electron chi connectivity index (χ0n) is 7.99. The number of fused-ring (bicyclic) bond motifs is 1. The first-order valence-corrected chi connectivity index (χ1v) is 5.08. The zero-order chi connectivity index (χ0) is 10.8. The van der Waals surface area contributed by atoms with Crippen molar-refractivity contribution in [3.63, 3.8) is 0 Å². The van der Waals surface area contributed by atoms with Gasteiger partial charge in [0.15, 0.2) is 0 Å². The van der Waals surface area contributed by atoms with Crippen LogP contribution in [0.5, 0.6) is 5.88 Å². The molecular weight excluding hydrogens is 256 g/mol. The molecule has 0 aliphatic rings. The second kappa shape index (κ2) is 3.87. The molecule has 1 aromatic carbocycles. The Balaban J connectivity index is 2.82. The summed E-state index contributed by atoms with van der Waals surface area (Å²) >= 11 is 3.38. The van der Waals surface area contributed by atoms with Crippen molar-refractivity contribution in [2.24, 2.45) is 0 Å². The molecule has 0 radical (unpaired) electrons. The Hall–Kier alpha value is -1.60. The Bertz CT molecular complexity index is 560. The lowest BCUT2D eigenvalue weighted by Gasteiger charge is -2.04. The summed E-state index contributed by atoms with van der Waals surface area (Å²) in [5, 5.41) is 10.6. The van der Waals surface area contributed by atoms with Gasteiger partial charge < -0.3 is 4.74 Å². The first kappa shape index (κ1) is 9.94. The number of rotatable bonds is 1. The molecule has 74 valence electrons. The Morgan fingerprint density at radius 1 is 1.40 bits per heavy atom. The predicted octanol–water partition coefficient (Wildman–Crippen LogP) is 2.88. The summed E-state index contributed by atoms with van der Waals surface area (Å²) in [6.07, 6.45) is 0. The van der Waals surface area contributed by atoms with E-state index >= 15 is 0 Å². The lowest BCUT2D eigenvalue weighted by atomic mass is 10.1. The number of hydrogen-bond acceptors (Lipinski definition) is 3. The summed E-state index contributed by atoms with van der Waals surface area (Å²) < 4.78 is 6.10. The van der Waals surface area contributed by atoms with E-state index in [0.29, 0.717) is 11.6 Å². The zero-order valence-corrected chi connectivity index (χ0v) is 9.58. The minimum atomic E-state index is 0.359. The molecule has 0 fully saturated rings. The normalized spacial score (nSPS) is 9.93. The second-order valence-electron chi connectivity index (χ2n) is 2.99. The maximum absolute atomic E-state index is 8.81. The summed E-state index contributed by atoms with van der Waals surface area (Å²) in [5.41, 5.74) is 0.359. The molecule has 0 aliphatic carbocycles. The Morgan fingerprint density at radius 2 is 2.20 bits per heavy atom. The van der Waals surface area contributed by atoms with Gasteiger partial charge in [0, 0.05) is 9.86 Å². The molecule has 0 N–H and O–H groups in total. The highest BCUT2D eigenvalue weighted by molar-refractivity contribution is 9.10. The molecule has 0 atom stereocenters. The fraction of sp³-hybridized carbons (Fsp3) is 0.0909. The van der Waals surface area contributed by atoms with Crippen molar-refractivity contribution in [3.8, 4) is 11.9 Å². The fourth-order valence-corrected chi connectivity index (χ4v) is 1.79. The van der Waals surface area contributed by atoms with Gasteiger partial charge in [-0.05, 0) is 29.7 Å². The fourth-order valence-electron chi connectivity index (χ4n) is 1.41. The summed E-state index contributed by atoms with van der Waals surface area (Å²) in [6.45, 7) is 0. The third-order valence-corrected chi connectivity index (χ3v) is 2.56. The molecule has 0 amide bonds. The SMILES string of the molecule is COc1nc(C#N)cc2cc(Br)ccc12. The van der Waals surface area contributed by atoms with E-state index in [1.54, 1.807) is 13.2 Å². The number of pyridine rings is 1. The number of methoxy groups -OCH3 is 1. The van der Waals surface area contributed by atoms with E-state index in [9.17, 15) is 0 Å². The highest BCUT2D eigenvalue weighted by Gasteiger charge is 2.06. The first-order valence-electron chi connectivity index (χ1n) is 4.29. The molecule has 1 aromatic heterocycles. The molecule has 0 spiro atoms. The largest absolute Gasteiger partial charge is 0.481 e.